The van der Waals surface area contributed by atoms with Gasteiger partial charge in [0.25, 0.3) is 0 Å². The van der Waals surface area contributed by atoms with Gasteiger partial charge >= 0.3 is 0 Å². The summed E-state index contributed by atoms with van der Waals surface area (Å²) in [5, 5.41) is 10.1. The summed E-state index contributed by atoms with van der Waals surface area (Å²) < 4.78 is 0. The standard InChI is InChI=1S/C9H9Cl3O/c1-5(4-13)6-2-3-7(10)9(12)8(6)11/h2-3,5,13H,4H2,1H3. The van der Waals surface area contributed by atoms with E-state index in [0.29, 0.717) is 15.1 Å². The second-order valence-corrected chi connectivity index (χ2v) is 4.01. The van der Waals surface area contributed by atoms with Gasteiger partial charge in [-0.15, -0.1) is 0 Å². The molecule has 0 aliphatic heterocycles. The minimum Gasteiger partial charge on any atom is -0.396 e. The van der Waals surface area contributed by atoms with Gasteiger partial charge in [-0.25, -0.2) is 0 Å². The number of aliphatic hydroxyl groups excluding tert-OH is 1. The molecule has 0 aromatic heterocycles. The molecular weight excluding hydrogens is 230 g/mol. The van der Waals surface area contributed by atoms with Crippen LogP contribution in [-0.4, -0.2) is 11.7 Å². The lowest BCUT2D eigenvalue weighted by Gasteiger charge is -2.11. The Hall–Kier alpha value is 0.0500. The van der Waals surface area contributed by atoms with Crippen LogP contribution in [0, 0.1) is 0 Å². The van der Waals surface area contributed by atoms with Crippen molar-refractivity contribution in [1.29, 1.82) is 0 Å². The van der Waals surface area contributed by atoms with E-state index in [0.717, 1.165) is 5.56 Å². The first-order chi connectivity index (χ1) is 6.07. The van der Waals surface area contributed by atoms with E-state index in [2.05, 4.69) is 0 Å². The quantitative estimate of drug-likeness (QED) is 0.780. The predicted octanol–water partition coefficient (Wildman–Crippen LogP) is 3.74. The van der Waals surface area contributed by atoms with Crippen molar-refractivity contribution in [3.63, 3.8) is 0 Å². The third kappa shape index (κ3) is 2.29. The van der Waals surface area contributed by atoms with Crippen LogP contribution in [0.15, 0.2) is 12.1 Å². The molecule has 1 N–H and O–H groups in total. The topological polar surface area (TPSA) is 20.2 Å². The molecule has 1 unspecified atom stereocenters. The summed E-state index contributed by atoms with van der Waals surface area (Å²) in [5.74, 6) is -0.0257. The summed E-state index contributed by atoms with van der Waals surface area (Å²) in [6.07, 6.45) is 0. The molecule has 0 bridgehead atoms. The molecule has 0 aliphatic carbocycles. The zero-order chi connectivity index (χ0) is 10.0. The fraction of sp³-hybridized carbons (Fsp3) is 0.333. The van der Waals surface area contributed by atoms with E-state index in [1.165, 1.54) is 0 Å². The van der Waals surface area contributed by atoms with Crippen LogP contribution in [0.25, 0.3) is 0 Å². The van der Waals surface area contributed by atoms with E-state index in [4.69, 9.17) is 39.9 Å². The van der Waals surface area contributed by atoms with Gasteiger partial charge in [0.2, 0.25) is 0 Å². The summed E-state index contributed by atoms with van der Waals surface area (Å²) in [5.41, 5.74) is 0.818. The summed E-state index contributed by atoms with van der Waals surface area (Å²) >= 11 is 17.5. The molecule has 1 atom stereocenters. The van der Waals surface area contributed by atoms with Crippen molar-refractivity contribution in [3.05, 3.63) is 32.8 Å². The van der Waals surface area contributed by atoms with Gasteiger partial charge in [-0.1, -0.05) is 47.8 Å². The Morgan fingerprint density at radius 3 is 2.38 bits per heavy atom. The third-order valence-electron chi connectivity index (χ3n) is 1.87. The minimum absolute atomic E-state index is 0.0257. The fourth-order valence-electron chi connectivity index (χ4n) is 1.02. The Bertz CT molecular complexity index is 312. The first-order valence-electron chi connectivity index (χ1n) is 3.82. The number of benzene rings is 1. The van der Waals surface area contributed by atoms with Crippen LogP contribution in [-0.2, 0) is 0 Å². The minimum atomic E-state index is -0.0257. The Balaban J connectivity index is 3.18. The van der Waals surface area contributed by atoms with E-state index >= 15 is 0 Å². The highest BCUT2D eigenvalue weighted by molar-refractivity contribution is 6.48. The zero-order valence-corrected chi connectivity index (χ0v) is 9.29. The van der Waals surface area contributed by atoms with Crippen LogP contribution in [0.4, 0.5) is 0 Å². The maximum absolute atomic E-state index is 8.94. The summed E-state index contributed by atoms with van der Waals surface area (Å²) in [7, 11) is 0. The van der Waals surface area contributed by atoms with Gasteiger partial charge in [-0.05, 0) is 11.6 Å². The third-order valence-corrected chi connectivity index (χ3v) is 3.18. The van der Waals surface area contributed by atoms with Crippen molar-refractivity contribution < 1.29 is 5.11 Å². The van der Waals surface area contributed by atoms with E-state index < -0.39 is 0 Å². The van der Waals surface area contributed by atoms with Crippen molar-refractivity contribution in [2.45, 2.75) is 12.8 Å². The van der Waals surface area contributed by atoms with Gasteiger partial charge in [-0.3, -0.25) is 0 Å². The van der Waals surface area contributed by atoms with Crippen molar-refractivity contribution in [2.24, 2.45) is 0 Å². The summed E-state index contributed by atoms with van der Waals surface area (Å²) in [4.78, 5) is 0. The highest BCUT2D eigenvalue weighted by Crippen LogP contribution is 2.35. The summed E-state index contributed by atoms with van der Waals surface area (Å²) in [6.45, 7) is 1.91. The van der Waals surface area contributed by atoms with Crippen molar-refractivity contribution >= 4 is 34.8 Å². The molecule has 4 heteroatoms. The maximum atomic E-state index is 8.94. The molecular formula is C9H9Cl3O. The lowest BCUT2D eigenvalue weighted by Crippen LogP contribution is -1.99. The number of rotatable bonds is 2. The molecule has 0 spiro atoms. The van der Waals surface area contributed by atoms with Crippen LogP contribution in [0.5, 0.6) is 0 Å². The number of hydrogen-bond donors (Lipinski definition) is 1. The Morgan fingerprint density at radius 2 is 1.85 bits per heavy atom. The molecule has 1 aromatic rings. The Morgan fingerprint density at radius 1 is 1.23 bits per heavy atom. The molecule has 0 fully saturated rings. The first kappa shape index (κ1) is 11.1. The van der Waals surface area contributed by atoms with Crippen LogP contribution in [0.2, 0.25) is 15.1 Å². The molecule has 1 rings (SSSR count). The van der Waals surface area contributed by atoms with Gasteiger partial charge in [0, 0.05) is 12.5 Å². The molecule has 0 aliphatic rings. The van der Waals surface area contributed by atoms with Crippen molar-refractivity contribution in [1.82, 2.24) is 0 Å². The second-order valence-electron chi connectivity index (χ2n) is 2.85. The van der Waals surface area contributed by atoms with E-state index in [1.54, 1.807) is 12.1 Å². The molecule has 0 saturated heterocycles. The molecule has 13 heavy (non-hydrogen) atoms. The average molecular weight is 240 g/mol. The first-order valence-corrected chi connectivity index (χ1v) is 4.95. The van der Waals surface area contributed by atoms with Gasteiger partial charge in [0.05, 0.1) is 15.1 Å². The molecule has 1 aromatic carbocycles. The smallest absolute Gasteiger partial charge is 0.0781 e. The van der Waals surface area contributed by atoms with Gasteiger partial charge < -0.3 is 5.11 Å². The van der Waals surface area contributed by atoms with E-state index in [-0.39, 0.29) is 12.5 Å². The van der Waals surface area contributed by atoms with Crippen LogP contribution >= 0.6 is 34.8 Å². The monoisotopic (exact) mass is 238 g/mol. The normalized spacial score (nSPS) is 13.0. The van der Waals surface area contributed by atoms with Crippen LogP contribution in [0.1, 0.15) is 18.4 Å². The maximum Gasteiger partial charge on any atom is 0.0781 e. The zero-order valence-electron chi connectivity index (χ0n) is 7.02. The largest absolute Gasteiger partial charge is 0.396 e. The van der Waals surface area contributed by atoms with Crippen molar-refractivity contribution in [3.8, 4) is 0 Å². The second kappa shape index (κ2) is 4.52. The Kier molecular flexibility index (Phi) is 3.87. The van der Waals surface area contributed by atoms with Crippen LogP contribution < -0.4 is 0 Å². The number of aliphatic hydroxyl groups is 1. The lowest BCUT2D eigenvalue weighted by atomic mass is 10.0. The van der Waals surface area contributed by atoms with Crippen molar-refractivity contribution in [2.75, 3.05) is 6.61 Å². The lowest BCUT2D eigenvalue weighted by molar-refractivity contribution is 0.273. The molecule has 0 saturated carbocycles. The fourth-order valence-corrected chi connectivity index (χ4v) is 1.75. The number of halogens is 3. The van der Waals surface area contributed by atoms with Gasteiger partial charge in [0.15, 0.2) is 0 Å². The van der Waals surface area contributed by atoms with Crippen LogP contribution in [0.3, 0.4) is 0 Å². The Labute approximate surface area is 92.2 Å². The highest BCUT2D eigenvalue weighted by atomic mass is 35.5. The number of hydrogen-bond acceptors (Lipinski definition) is 1. The van der Waals surface area contributed by atoms with Gasteiger partial charge in [0.1, 0.15) is 0 Å². The van der Waals surface area contributed by atoms with E-state index in [1.807, 2.05) is 6.92 Å². The molecule has 72 valence electrons. The predicted molar refractivity (Wildman–Crippen MR) is 57.0 cm³/mol. The highest BCUT2D eigenvalue weighted by Gasteiger charge is 2.13. The SMILES string of the molecule is CC(CO)c1ccc(Cl)c(Cl)c1Cl. The summed E-state index contributed by atoms with van der Waals surface area (Å²) in [6, 6.07) is 3.45. The molecule has 1 nitrogen and oxygen atoms in total. The molecule has 0 amide bonds. The average Bonchev–Trinajstić information content (AvgIpc) is 2.13. The van der Waals surface area contributed by atoms with E-state index in [9.17, 15) is 0 Å². The molecule has 0 radical (unpaired) electrons. The van der Waals surface area contributed by atoms with Gasteiger partial charge in [-0.2, -0.15) is 0 Å². The molecule has 0 heterocycles.